The highest BCUT2D eigenvalue weighted by atomic mass is 32.2. The lowest BCUT2D eigenvalue weighted by molar-refractivity contribution is -0.116. The summed E-state index contributed by atoms with van der Waals surface area (Å²) in [5.41, 5.74) is 1.37. The van der Waals surface area contributed by atoms with E-state index < -0.39 is 17.1 Å². The Balaban J connectivity index is 1.59. The minimum atomic E-state index is -0.560. The fraction of sp³-hybridized carbons (Fsp3) is 0.176. The smallest absolute Gasteiger partial charge is 0.272 e. The number of methoxy groups -OCH3 is 3. The van der Waals surface area contributed by atoms with Crippen LogP contribution in [0.2, 0.25) is 0 Å². The zero-order valence-corrected chi connectivity index (χ0v) is 26.1. The van der Waals surface area contributed by atoms with E-state index in [2.05, 4.69) is 20.9 Å². The number of pyridine rings is 1. The summed E-state index contributed by atoms with van der Waals surface area (Å²) < 4.78 is 16.3. The van der Waals surface area contributed by atoms with Crippen LogP contribution in [0.3, 0.4) is 0 Å². The zero-order valence-electron chi connectivity index (χ0n) is 25.3. The van der Waals surface area contributed by atoms with Crippen molar-refractivity contribution < 1.29 is 28.6 Å². The van der Waals surface area contributed by atoms with E-state index in [4.69, 9.17) is 14.2 Å². The molecule has 1 unspecified atom stereocenters. The summed E-state index contributed by atoms with van der Waals surface area (Å²) in [5.74, 6) is 0.457. The number of rotatable bonds is 13. The van der Waals surface area contributed by atoms with Crippen LogP contribution >= 0.6 is 11.8 Å². The molecule has 0 aliphatic carbocycles. The van der Waals surface area contributed by atoms with Gasteiger partial charge in [0.25, 0.3) is 11.8 Å². The average Bonchev–Trinajstić information content (AvgIpc) is 3.07. The highest BCUT2D eigenvalue weighted by Gasteiger charge is 2.20. The Bertz CT molecular complexity index is 1640. The molecule has 3 N–H and O–H groups in total. The van der Waals surface area contributed by atoms with Crippen LogP contribution < -0.4 is 30.2 Å². The van der Waals surface area contributed by atoms with Gasteiger partial charge in [0.1, 0.15) is 11.5 Å². The van der Waals surface area contributed by atoms with Crippen molar-refractivity contribution in [3.8, 4) is 17.2 Å². The van der Waals surface area contributed by atoms with Crippen LogP contribution in [-0.4, -0.2) is 49.3 Å². The van der Waals surface area contributed by atoms with Crippen LogP contribution in [0, 0.1) is 0 Å². The number of ether oxygens (including phenoxy) is 3. The van der Waals surface area contributed by atoms with Gasteiger partial charge in [0.15, 0.2) is 11.5 Å². The minimum absolute atomic E-state index is 0.0163. The maximum absolute atomic E-state index is 13.7. The minimum Gasteiger partial charge on any atom is -0.493 e. The number of hydrogen-bond acceptors (Lipinski definition) is 8. The SMILES string of the molecule is CCC(Sc1cccc(NC(=O)/C(=C\c2cc(OC)c(OC)c(OC)c2)NC(=O)c2ccccc2)c1)C(=O)Nc1ccccn1. The van der Waals surface area contributed by atoms with Crippen molar-refractivity contribution in [1.82, 2.24) is 10.3 Å². The molecule has 0 radical (unpaired) electrons. The van der Waals surface area contributed by atoms with Gasteiger partial charge in [0, 0.05) is 22.3 Å². The zero-order chi connectivity index (χ0) is 32.2. The molecule has 11 heteroatoms. The summed E-state index contributed by atoms with van der Waals surface area (Å²) in [7, 11) is 4.48. The lowest BCUT2D eigenvalue weighted by atomic mass is 10.1. The lowest BCUT2D eigenvalue weighted by Crippen LogP contribution is -2.30. The topological polar surface area (TPSA) is 128 Å². The first-order valence-electron chi connectivity index (χ1n) is 14.0. The van der Waals surface area contributed by atoms with Crippen molar-refractivity contribution in [2.45, 2.75) is 23.5 Å². The Hall–Kier alpha value is -5.29. The quantitative estimate of drug-likeness (QED) is 0.121. The van der Waals surface area contributed by atoms with E-state index in [1.165, 1.54) is 39.2 Å². The number of carbonyl (C=O) groups excluding carboxylic acids is 3. The van der Waals surface area contributed by atoms with Crippen molar-refractivity contribution in [2.75, 3.05) is 32.0 Å². The van der Waals surface area contributed by atoms with Crippen molar-refractivity contribution in [1.29, 1.82) is 0 Å². The van der Waals surface area contributed by atoms with Crippen LogP contribution in [0.15, 0.2) is 102 Å². The number of aromatic nitrogens is 1. The van der Waals surface area contributed by atoms with E-state index in [0.29, 0.717) is 46.3 Å². The lowest BCUT2D eigenvalue weighted by Gasteiger charge is -2.16. The van der Waals surface area contributed by atoms with E-state index >= 15 is 0 Å². The normalized spacial score (nSPS) is 11.6. The monoisotopic (exact) mass is 626 g/mol. The Morgan fingerprint density at radius 2 is 1.56 bits per heavy atom. The van der Waals surface area contributed by atoms with E-state index in [0.717, 1.165) is 4.90 Å². The third-order valence-corrected chi connectivity index (χ3v) is 7.83. The Kier molecular flexibility index (Phi) is 11.6. The van der Waals surface area contributed by atoms with E-state index in [1.807, 2.05) is 13.0 Å². The molecular formula is C34H34N4O6S. The summed E-state index contributed by atoms with van der Waals surface area (Å²) in [5, 5.41) is 8.05. The number of nitrogens with one attached hydrogen (secondary N) is 3. The first-order chi connectivity index (χ1) is 21.8. The average molecular weight is 627 g/mol. The van der Waals surface area contributed by atoms with E-state index in [-0.39, 0.29) is 11.6 Å². The van der Waals surface area contributed by atoms with E-state index in [9.17, 15) is 14.4 Å². The molecule has 1 heterocycles. The molecule has 0 saturated heterocycles. The predicted octanol–water partition coefficient (Wildman–Crippen LogP) is 6.03. The second kappa shape index (κ2) is 16.0. The molecule has 232 valence electrons. The molecule has 3 aromatic carbocycles. The van der Waals surface area contributed by atoms with Gasteiger partial charge in [-0.3, -0.25) is 14.4 Å². The third kappa shape index (κ3) is 8.87. The molecule has 0 aliphatic heterocycles. The number of benzene rings is 3. The van der Waals surface area contributed by atoms with Gasteiger partial charge < -0.3 is 30.2 Å². The molecule has 3 amide bonds. The van der Waals surface area contributed by atoms with E-state index in [1.54, 1.807) is 85.1 Å². The highest BCUT2D eigenvalue weighted by molar-refractivity contribution is 8.00. The van der Waals surface area contributed by atoms with Gasteiger partial charge in [0.05, 0.1) is 26.6 Å². The molecule has 1 atom stereocenters. The summed E-state index contributed by atoms with van der Waals surface area (Å²) in [6.07, 6.45) is 3.71. The Morgan fingerprint density at radius 3 is 2.18 bits per heavy atom. The summed E-state index contributed by atoms with van der Waals surface area (Å²) in [6.45, 7) is 1.93. The Morgan fingerprint density at radius 1 is 0.844 bits per heavy atom. The number of amides is 3. The molecule has 0 saturated carbocycles. The molecule has 4 rings (SSSR count). The second-order valence-electron chi connectivity index (χ2n) is 9.54. The maximum Gasteiger partial charge on any atom is 0.272 e. The molecule has 0 fully saturated rings. The Labute approximate surface area is 266 Å². The molecule has 1 aromatic heterocycles. The van der Waals surface area contributed by atoms with Crippen molar-refractivity contribution in [3.05, 3.63) is 108 Å². The summed E-state index contributed by atoms with van der Waals surface area (Å²) in [6, 6.07) is 24.4. The molecule has 4 aromatic rings. The first-order valence-corrected chi connectivity index (χ1v) is 14.9. The molecular weight excluding hydrogens is 592 g/mol. The molecule has 0 bridgehead atoms. The maximum atomic E-state index is 13.7. The number of anilines is 2. The van der Waals surface area contributed by atoms with Gasteiger partial charge in [0.2, 0.25) is 11.7 Å². The van der Waals surface area contributed by atoms with Gasteiger partial charge in [-0.2, -0.15) is 0 Å². The molecule has 10 nitrogen and oxygen atoms in total. The molecule has 0 aliphatic rings. The third-order valence-electron chi connectivity index (χ3n) is 6.48. The van der Waals surface area contributed by atoms with Gasteiger partial charge in [-0.25, -0.2) is 4.98 Å². The van der Waals surface area contributed by atoms with Gasteiger partial charge >= 0.3 is 0 Å². The van der Waals surface area contributed by atoms with Gasteiger partial charge in [-0.05, 0) is 72.7 Å². The second-order valence-corrected chi connectivity index (χ2v) is 10.8. The molecule has 45 heavy (non-hydrogen) atoms. The number of hydrogen-bond donors (Lipinski definition) is 3. The molecule has 0 spiro atoms. The van der Waals surface area contributed by atoms with Crippen LogP contribution in [-0.2, 0) is 9.59 Å². The standard InChI is InChI=1S/C34H34N4O6S/c1-5-29(34(41)38-30-16-9-10-17-35-30)45-25-15-11-14-24(21-25)36-33(40)26(37-32(39)23-12-7-6-8-13-23)18-22-19-27(42-2)31(44-4)28(20-22)43-3/h6-21,29H,5H2,1-4H3,(H,36,40)(H,37,39)(H,35,38,41)/b26-18+. The fourth-order valence-corrected chi connectivity index (χ4v) is 5.28. The van der Waals surface area contributed by atoms with Gasteiger partial charge in [-0.15, -0.1) is 11.8 Å². The van der Waals surface area contributed by atoms with Crippen molar-refractivity contribution >= 4 is 47.1 Å². The largest absolute Gasteiger partial charge is 0.493 e. The van der Waals surface area contributed by atoms with Crippen LogP contribution in [0.5, 0.6) is 17.2 Å². The summed E-state index contributed by atoms with van der Waals surface area (Å²) >= 11 is 1.37. The van der Waals surface area contributed by atoms with Crippen LogP contribution in [0.1, 0.15) is 29.3 Å². The van der Waals surface area contributed by atoms with Crippen LogP contribution in [0.25, 0.3) is 6.08 Å². The highest BCUT2D eigenvalue weighted by Crippen LogP contribution is 2.38. The summed E-state index contributed by atoms with van der Waals surface area (Å²) in [4.78, 5) is 44.6. The van der Waals surface area contributed by atoms with Gasteiger partial charge in [-0.1, -0.05) is 37.3 Å². The number of nitrogens with zero attached hydrogens (tertiary/aromatic N) is 1. The predicted molar refractivity (Wildman–Crippen MR) is 176 cm³/mol. The van der Waals surface area contributed by atoms with Crippen LogP contribution in [0.4, 0.5) is 11.5 Å². The first kappa shape index (κ1) is 32.6. The fourth-order valence-electron chi connectivity index (χ4n) is 4.27. The number of carbonyl (C=O) groups is 3. The number of thioether (sulfide) groups is 1. The van der Waals surface area contributed by atoms with Crippen molar-refractivity contribution in [2.24, 2.45) is 0 Å². The van der Waals surface area contributed by atoms with Crippen molar-refractivity contribution in [3.63, 3.8) is 0 Å².